The van der Waals surface area contributed by atoms with Crippen LogP contribution in [0.25, 0.3) is 17.0 Å². The molecular formula is C24H27N3O. The molecule has 0 saturated heterocycles. The smallest absolute Gasteiger partial charge is 0.129 e. The van der Waals surface area contributed by atoms with Crippen molar-refractivity contribution in [3.8, 4) is 0 Å². The number of aryl methyl sites for hydroxylation is 2. The number of aliphatic hydroxyl groups is 1. The number of aromatic nitrogens is 2. The third kappa shape index (κ3) is 4.76. The maximum absolute atomic E-state index is 10.2. The topological polar surface area (TPSA) is 58.0 Å². The van der Waals surface area contributed by atoms with E-state index in [0.717, 1.165) is 66.6 Å². The Labute approximate surface area is 166 Å². The summed E-state index contributed by atoms with van der Waals surface area (Å²) >= 11 is 0. The van der Waals surface area contributed by atoms with Gasteiger partial charge in [0.25, 0.3) is 0 Å². The van der Waals surface area contributed by atoms with E-state index in [4.69, 9.17) is 4.98 Å². The molecule has 0 radical (unpaired) electrons. The van der Waals surface area contributed by atoms with E-state index >= 15 is 0 Å². The SMILES string of the molecule is OC(/C=C/c1cnc2ccccc2c1)CCCCc1ccc2c(n1)NCCC2. The van der Waals surface area contributed by atoms with Crippen LogP contribution in [0.1, 0.15) is 42.5 Å². The van der Waals surface area contributed by atoms with E-state index in [9.17, 15) is 5.11 Å². The van der Waals surface area contributed by atoms with Crippen molar-refractivity contribution in [3.05, 3.63) is 71.6 Å². The maximum Gasteiger partial charge on any atom is 0.129 e. The van der Waals surface area contributed by atoms with Crippen LogP contribution in [0.2, 0.25) is 0 Å². The molecule has 0 bridgehead atoms. The number of benzene rings is 1. The summed E-state index contributed by atoms with van der Waals surface area (Å²) in [5.74, 6) is 1.07. The van der Waals surface area contributed by atoms with Crippen molar-refractivity contribution < 1.29 is 5.11 Å². The Morgan fingerprint density at radius 3 is 3.04 bits per heavy atom. The Bertz CT molecular complexity index is 967. The first-order chi connectivity index (χ1) is 13.8. The van der Waals surface area contributed by atoms with Gasteiger partial charge < -0.3 is 10.4 Å². The zero-order valence-electron chi connectivity index (χ0n) is 16.1. The van der Waals surface area contributed by atoms with Crippen LogP contribution < -0.4 is 5.32 Å². The molecule has 0 fully saturated rings. The number of hydrogen-bond acceptors (Lipinski definition) is 4. The molecule has 4 nitrogen and oxygen atoms in total. The van der Waals surface area contributed by atoms with Crippen molar-refractivity contribution in [2.24, 2.45) is 0 Å². The number of para-hydroxylation sites is 1. The van der Waals surface area contributed by atoms with Gasteiger partial charge in [0.05, 0.1) is 11.6 Å². The third-order valence-electron chi connectivity index (χ3n) is 5.26. The molecule has 1 aromatic carbocycles. The fraction of sp³-hybridized carbons (Fsp3) is 0.333. The second-order valence-corrected chi connectivity index (χ2v) is 7.47. The van der Waals surface area contributed by atoms with E-state index in [1.54, 1.807) is 0 Å². The van der Waals surface area contributed by atoms with E-state index in [1.807, 2.05) is 36.5 Å². The number of unbranched alkanes of at least 4 members (excludes halogenated alkanes) is 1. The first-order valence-electron chi connectivity index (χ1n) is 10.2. The minimum absolute atomic E-state index is 0.426. The van der Waals surface area contributed by atoms with E-state index in [2.05, 4.69) is 34.6 Å². The molecule has 4 heteroatoms. The van der Waals surface area contributed by atoms with Crippen LogP contribution in [-0.2, 0) is 12.8 Å². The zero-order valence-corrected chi connectivity index (χ0v) is 16.1. The summed E-state index contributed by atoms with van der Waals surface area (Å²) in [5, 5.41) is 14.8. The summed E-state index contributed by atoms with van der Waals surface area (Å²) in [4.78, 5) is 9.19. The zero-order chi connectivity index (χ0) is 19.2. The highest BCUT2D eigenvalue weighted by molar-refractivity contribution is 5.80. The quantitative estimate of drug-likeness (QED) is 0.586. The normalized spacial score (nSPS) is 14.8. The Morgan fingerprint density at radius 1 is 1.14 bits per heavy atom. The molecule has 144 valence electrons. The van der Waals surface area contributed by atoms with Gasteiger partial charge in [-0.15, -0.1) is 0 Å². The predicted molar refractivity (Wildman–Crippen MR) is 115 cm³/mol. The molecule has 1 unspecified atom stereocenters. The average molecular weight is 374 g/mol. The lowest BCUT2D eigenvalue weighted by atomic mass is 10.0. The van der Waals surface area contributed by atoms with Crippen LogP contribution in [0.15, 0.2) is 54.7 Å². The maximum atomic E-state index is 10.2. The average Bonchev–Trinajstić information content (AvgIpc) is 2.75. The van der Waals surface area contributed by atoms with Crippen LogP contribution in [0.4, 0.5) is 5.82 Å². The second kappa shape index (κ2) is 8.98. The summed E-state index contributed by atoms with van der Waals surface area (Å²) in [5.41, 5.74) is 4.48. The number of nitrogens with one attached hydrogen (secondary N) is 1. The van der Waals surface area contributed by atoms with Crippen molar-refractivity contribution in [1.29, 1.82) is 0 Å². The highest BCUT2D eigenvalue weighted by Crippen LogP contribution is 2.20. The lowest BCUT2D eigenvalue weighted by Gasteiger charge is -2.17. The number of pyridine rings is 2. The van der Waals surface area contributed by atoms with Gasteiger partial charge in [-0.05, 0) is 61.4 Å². The second-order valence-electron chi connectivity index (χ2n) is 7.47. The summed E-state index contributed by atoms with van der Waals surface area (Å²) in [6.07, 6.45) is 11.3. The summed E-state index contributed by atoms with van der Waals surface area (Å²) in [6.45, 7) is 1.02. The fourth-order valence-electron chi connectivity index (χ4n) is 3.67. The summed E-state index contributed by atoms with van der Waals surface area (Å²) < 4.78 is 0. The molecule has 0 aliphatic carbocycles. The molecule has 1 aliphatic heterocycles. The van der Waals surface area contributed by atoms with Gasteiger partial charge in [0, 0.05) is 23.8 Å². The van der Waals surface area contributed by atoms with Crippen molar-refractivity contribution >= 4 is 22.8 Å². The van der Waals surface area contributed by atoms with E-state index in [1.165, 1.54) is 12.0 Å². The molecule has 0 spiro atoms. The first-order valence-corrected chi connectivity index (χ1v) is 10.2. The summed E-state index contributed by atoms with van der Waals surface area (Å²) in [7, 11) is 0. The van der Waals surface area contributed by atoms with Gasteiger partial charge in [-0.1, -0.05) is 42.8 Å². The molecule has 0 amide bonds. The Hall–Kier alpha value is -2.72. The molecule has 3 aromatic rings. The van der Waals surface area contributed by atoms with Gasteiger partial charge in [-0.25, -0.2) is 4.98 Å². The molecule has 4 rings (SSSR count). The molecule has 1 atom stereocenters. The predicted octanol–water partition coefficient (Wildman–Crippen LogP) is 4.78. The van der Waals surface area contributed by atoms with Gasteiger partial charge in [0.2, 0.25) is 0 Å². The number of fused-ring (bicyclic) bond motifs is 2. The van der Waals surface area contributed by atoms with Crippen LogP contribution in [0.5, 0.6) is 0 Å². The molecule has 2 aromatic heterocycles. The van der Waals surface area contributed by atoms with E-state index in [-0.39, 0.29) is 0 Å². The van der Waals surface area contributed by atoms with Crippen molar-refractivity contribution in [1.82, 2.24) is 9.97 Å². The van der Waals surface area contributed by atoms with Crippen molar-refractivity contribution in [2.45, 2.75) is 44.6 Å². The number of nitrogens with zero attached hydrogens (tertiary/aromatic N) is 2. The molecule has 2 N–H and O–H groups in total. The van der Waals surface area contributed by atoms with Gasteiger partial charge in [-0.3, -0.25) is 4.98 Å². The minimum atomic E-state index is -0.426. The number of anilines is 1. The number of hydrogen-bond donors (Lipinski definition) is 2. The lowest BCUT2D eigenvalue weighted by Crippen LogP contribution is -2.14. The highest BCUT2D eigenvalue weighted by atomic mass is 16.3. The lowest BCUT2D eigenvalue weighted by molar-refractivity contribution is 0.209. The third-order valence-corrected chi connectivity index (χ3v) is 5.26. The van der Waals surface area contributed by atoms with Crippen LogP contribution in [0.3, 0.4) is 0 Å². The Kier molecular flexibility index (Phi) is 5.98. The minimum Gasteiger partial charge on any atom is -0.389 e. The Balaban J connectivity index is 1.24. The monoisotopic (exact) mass is 373 g/mol. The van der Waals surface area contributed by atoms with Crippen LogP contribution >= 0.6 is 0 Å². The highest BCUT2D eigenvalue weighted by Gasteiger charge is 2.10. The van der Waals surface area contributed by atoms with Gasteiger partial charge in [-0.2, -0.15) is 0 Å². The van der Waals surface area contributed by atoms with E-state index < -0.39 is 6.10 Å². The van der Waals surface area contributed by atoms with Crippen molar-refractivity contribution in [3.63, 3.8) is 0 Å². The standard InChI is InChI=1S/C24H27N3O/c28-22(14-11-18-16-20-6-1-4-10-23(20)26-17-18)9-3-2-8-21-13-12-19-7-5-15-25-24(19)27-21/h1,4,6,10-14,16-17,22,28H,2-3,5,7-9,15H2,(H,25,27)/b14-11+. The van der Waals surface area contributed by atoms with Gasteiger partial charge in [0.15, 0.2) is 0 Å². The van der Waals surface area contributed by atoms with Gasteiger partial charge in [0.1, 0.15) is 5.82 Å². The fourth-order valence-corrected chi connectivity index (χ4v) is 3.67. The Morgan fingerprint density at radius 2 is 2.07 bits per heavy atom. The molecule has 3 heterocycles. The van der Waals surface area contributed by atoms with E-state index in [0.29, 0.717) is 0 Å². The summed E-state index contributed by atoms with van der Waals surface area (Å²) in [6, 6.07) is 14.5. The number of rotatable bonds is 7. The van der Waals surface area contributed by atoms with Crippen LogP contribution in [0, 0.1) is 0 Å². The molecule has 0 saturated carbocycles. The molecular weight excluding hydrogens is 346 g/mol. The molecule has 28 heavy (non-hydrogen) atoms. The molecule has 1 aliphatic rings. The van der Waals surface area contributed by atoms with Gasteiger partial charge >= 0.3 is 0 Å². The van der Waals surface area contributed by atoms with Crippen molar-refractivity contribution in [2.75, 3.05) is 11.9 Å². The largest absolute Gasteiger partial charge is 0.389 e. The first kappa shape index (κ1) is 18.6. The van der Waals surface area contributed by atoms with Crippen LogP contribution in [-0.4, -0.2) is 27.7 Å². The number of aliphatic hydroxyl groups excluding tert-OH is 1.